The Kier molecular flexibility index (Phi) is 13.1. The number of fused-ring (bicyclic) bond motifs is 1. The molecule has 2 aromatic carbocycles. The number of nitrogens with zero attached hydrogens (tertiary/aromatic N) is 1. The number of nitrogens with one attached hydrogen (secondary N) is 3. The molecule has 0 bridgehead atoms. The number of hydrogen-bond acceptors (Lipinski definition) is 5. The Morgan fingerprint density at radius 2 is 1.71 bits per heavy atom. The van der Waals surface area contributed by atoms with Crippen molar-refractivity contribution in [2.75, 3.05) is 33.3 Å². The van der Waals surface area contributed by atoms with E-state index in [1.54, 1.807) is 12.0 Å². The number of benzene rings is 2. The van der Waals surface area contributed by atoms with Crippen molar-refractivity contribution in [1.82, 2.24) is 20.9 Å². The number of unbranched alkanes of at least 4 members (excludes halogenated alkanes) is 1. The van der Waals surface area contributed by atoms with E-state index in [2.05, 4.69) is 41.9 Å². The van der Waals surface area contributed by atoms with Gasteiger partial charge in [0.25, 0.3) is 0 Å². The number of ether oxygens (including phenoxy) is 1. The van der Waals surface area contributed by atoms with Crippen molar-refractivity contribution < 1.29 is 19.1 Å². The number of carbonyl (C=O) groups is 3. The number of likely N-dealkylation sites (tertiary alicyclic amines) is 1. The van der Waals surface area contributed by atoms with Crippen LogP contribution in [0.5, 0.6) is 0 Å². The fourth-order valence-corrected chi connectivity index (χ4v) is 5.51. The molecular weight excluding hydrogens is 516 g/mol. The second-order valence-corrected chi connectivity index (χ2v) is 11.7. The molecule has 3 N–H and O–H groups in total. The summed E-state index contributed by atoms with van der Waals surface area (Å²) in [5, 5.41) is 11.7. The summed E-state index contributed by atoms with van der Waals surface area (Å²) in [5.74, 6) is -0.0540. The first-order valence-corrected chi connectivity index (χ1v) is 15.4. The molecule has 3 amide bonds. The summed E-state index contributed by atoms with van der Waals surface area (Å²) in [6.45, 7) is 11.2. The quantitative estimate of drug-likeness (QED) is 0.266. The third-order valence-electron chi connectivity index (χ3n) is 8.04. The maximum absolute atomic E-state index is 13.7. The highest BCUT2D eigenvalue weighted by Gasteiger charge is 2.42. The largest absolute Gasteiger partial charge is 0.380 e. The molecule has 1 saturated heterocycles. The van der Waals surface area contributed by atoms with E-state index in [-0.39, 0.29) is 29.7 Å². The number of methoxy groups -OCH3 is 1. The van der Waals surface area contributed by atoms with Gasteiger partial charge in [-0.15, -0.1) is 0 Å². The molecule has 3 rings (SSSR count). The Labute approximate surface area is 246 Å². The highest BCUT2D eigenvalue weighted by Crippen LogP contribution is 2.25. The topological polar surface area (TPSA) is 99.8 Å². The van der Waals surface area contributed by atoms with Crippen LogP contribution in [0, 0.1) is 11.8 Å². The fourth-order valence-electron chi connectivity index (χ4n) is 5.51. The van der Waals surface area contributed by atoms with Gasteiger partial charge in [0, 0.05) is 39.0 Å². The highest BCUT2D eigenvalue weighted by molar-refractivity contribution is 5.93. The van der Waals surface area contributed by atoms with Gasteiger partial charge in [0.05, 0.1) is 6.10 Å². The first-order valence-electron chi connectivity index (χ1n) is 15.4. The number of hydrogen-bond donors (Lipinski definition) is 3. The van der Waals surface area contributed by atoms with E-state index in [0.717, 1.165) is 55.1 Å². The molecule has 1 aliphatic rings. The first-order chi connectivity index (χ1) is 19.8. The molecule has 1 unspecified atom stereocenters. The zero-order chi connectivity index (χ0) is 29.8. The van der Waals surface area contributed by atoms with Crippen LogP contribution in [0.3, 0.4) is 0 Å². The van der Waals surface area contributed by atoms with Crippen molar-refractivity contribution in [2.45, 2.75) is 84.4 Å². The monoisotopic (exact) mass is 566 g/mol. The van der Waals surface area contributed by atoms with Crippen LogP contribution in [0.2, 0.25) is 0 Å². The lowest BCUT2D eigenvalue weighted by atomic mass is 10.00. The lowest BCUT2D eigenvalue weighted by molar-refractivity contribution is -0.142. The summed E-state index contributed by atoms with van der Waals surface area (Å²) in [6.07, 6.45) is 3.82. The third kappa shape index (κ3) is 9.54. The second kappa shape index (κ2) is 16.5. The lowest BCUT2D eigenvalue weighted by Crippen LogP contribution is -2.54. The Morgan fingerprint density at radius 3 is 2.39 bits per heavy atom. The third-order valence-corrected chi connectivity index (χ3v) is 8.04. The summed E-state index contributed by atoms with van der Waals surface area (Å²) in [4.78, 5) is 42.1. The average Bonchev–Trinajstić information content (AvgIpc) is 3.41. The van der Waals surface area contributed by atoms with Crippen molar-refractivity contribution in [2.24, 2.45) is 11.8 Å². The Bertz CT molecular complexity index is 1130. The van der Waals surface area contributed by atoms with Crippen LogP contribution in [0.25, 0.3) is 10.8 Å². The smallest absolute Gasteiger partial charge is 0.243 e. The predicted molar refractivity (Wildman–Crippen MR) is 165 cm³/mol. The predicted octanol–water partition coefficient (Wildman–Crippen LogP) is 4.06. The second-order valence-electron chi connectivity index (χ2n) is 11.7. The maximum atomic E-state index is 13.7. The maximum Gasteiger partial charge on any atom is 0.243 e. The van der Waals surface area contributed by atoms with Gasteiger partial charge in [0.15, 0.2) is 0 Å². The van der Waals surface area contributed by atoms with Gasteiger partial charge in [0.1, 0.15) is 12.1 Å². The van der Waals surface area contributed by atoms with Crippen LogP contribution >= 0.6 is 0 Å². The minimum absolute atomic E-state index is 0.0173. The zero-order valence-electron chi connectivity index (χ0n) is 25.6. The molecule has 0 aromatic heterocycles. The molecule has 1 fully saturated rings. The number of rotatable bonds is 16. The van der Waals surface area contributed by atoms with Crippen LogP contribution in [0.1, 0.15) is 65.4 Å². The van der Waals surface area contributed by atoms with Crippen LogP contribution in [-0.2, 0) is 25.5 Å². The number of amides is 3. The molecule has 1 heterocycles. The lowest BCUT2D eigenvalue weighted by Gasteiger charge is -2.28. The van der Waals surface area contributed by atoms with E-state index in [4.69, 9.17) is 4.74 Å². The van der Waals surface area contributed by atoms with Crippen molar-refractivity contribution >= 4 is 28.5 Å². The van der Waals surface area contributed by atoms with E-state index >= 15 is 0 Å². The van der Waals surface area contributed by atoms with Crippen LogP contribution in [0.15, 0.2) is 42.5 Å². The van der Waals surface area contributed by atoms with Crippen molar-refractivity contribution in [3.05, 3.63) is 48.0 Å². The van der Waals surface area contributed by atoms with Gasteiger partial charge in [-0.1, -0.05) is 70.2 Å². The molecule has 1 aliphatic heterocycles. The zero-order valence-corrected chi connectivity index (χ0v) is 25.6. The minimum Gasteiger partial charge on any atom is -0.380 e. The van der Waals surface area contributed by atoms with Crippen LogP contribution in [-0.4, -0.2) is 74.1 Å². The van der Waals surface area contributed by atoms with Gasteiger partial charge in [-0.3, -0.25) is 14.4 Å². The van der Waals surface area contributed by atoms with E-state index in [1.165, 1.54) is 0 Å². The van der Waals surface area contributed by atoms with E-state index in [0.29, 0.717) is 31.8 Å². The van der Waals surface area contributed by atoms with E-state index < -0.39 is 12.1 Å². The Balaban J connectivity index is 1.72. The summed E-state index contributed by atoms with van der Waals surface area (Å²) in [7, 11) is 1.61. The van der Waals surface area contributed by atoms with Gasteiger partial charge >= 0.3 is 0 Å². The molecule has 0 radical (unpaired) electrons. The fraction of sp³-hybridized carbons (Fsp3) is 0.606. The van der Waals surface area contributed by atoms with Gasteiger partial charge in [0.2, 0.25) is 17.7 Å². The summed E-state index contributed by atoms with van der Waals surface area (Å²) < 4.78 is 5.56. The van der Waals surface area contributed by atoms with Crippen molar-refractivity contribution in [1.29, 1.82) is 0 Å². The van der Waals surface area contributed by atoms with Crippen LogP contribution in [0.4, 0.5) is 0 Å². The van der Waals surface area contributed by atoms with E-state index in [9.17, 15) is 14.4 Å². The number of carbonyl (C=O) groups excluding carboxylic acids is 3. The molecule has 0 saturated carbocycles. The highest BCUT2D eigenvalue weighted by atomic mass is 16.5. The minimum atomic E-state index is -0.755. The molecule has 0 aliphatic carbocycles. The molecule has 8 nitrogen and oxygen atoms in total. The summed E-state index contributed by atoms with van der Waals surface area (Å²) in [6, 6.07) is 12.8. The molecule has 41 heavy (non-hydrogen) atoms. The first kappa shape index (κ1) is 32.5. The van der Waals surface area contributed by atoms with Crippen molar-refractivity contribution in [3.8, 4) is 0 Å². The van der Waals surface area contributed by atoms with Crippen molar-refractivity contribution in [3.63, 3.8) is 0 Å². The standard InChI is InChI=1S/C33H50N4O4/c1-6-25(7-2)33(40)37-22-28(41-5)20-30(37)32(39)36-29(31(38)35-17-11-10-16-34-21-23(3)4)19-24-14-15-26-12-8-9-13-27(26)18-24/h8-9,12-15,18,23,25,28-30,34H,6-7,10-11,16-17,19-22H2,1-5H3,(H,35,38)(H,36,39)/t28-,29-,30?/m1/s1. The van der Waals surface area contributed by atoms with Crippen LogP contribution < -0.4 is 16.0 Å². The summed E-state index contributed by atoms with van der Waals surface area (Å²) in [5.41, 5.74) is 0.966. The van der Waals surface area contributed by atoms with Gasteiger partial charge in [-0.25, -0.2) is 0 Å². The Hall–Kier alpha value is -2.97. The van der Waals surface area contributed by atoms with Gasteiger partial charge in [-0.05, 0) is 61.0 Å². The molecule has 226 valence electrons. The molecule has 2 aromatic rings. The van der Waals surface area contributed by atoms with Gasteiger partial charge < -0.3 is 25.6 Å². The molecule has 8 heteroatoms. The molecule has 3 atom stereocenters. The van der Waals surface area contributed by atoms with Gasteiger partial charge in [-0.2, -0.15) is 0 Å². The Morgan fingerprint density at radius 1 is 1.00 bits per heavy atom. The van der Waals surface area contributed by atoms with E-state index in [1.807, 2.05) is 44.2 Å². The summed E-state index contributed by atoms with van der Waals surface area (Å²) >= 11 is 0. The molecule has 0 spiro atoms. The normalized spacial score (nSPS) is 17.8. The SMILES string of the molecule is CCC(CC)C(=O)N1C[C@H](OC)CC1C(=O)N[C@H](Cc1ccc2ccccc2c1)C(=O)NCCCCNCC(C)C. The molecular formula is C33H50N4O4. The average molecular weight is 567 g/mol.